The van der Waals surface area contributed by atoms with Crippen molar-refractivity contribution in [3.63, 3.8) is 0 Å². The smallest absolute Gasteiger partial charge is 0.335 e. The molecule has 0 aliphatic carbocycles. The molecule has 0 saturated carbocycles. The van der Waals surface area contributed by atoms with Crippen molar-refractivity contribution in [1.82, 2.24) is 0 Å². The van der Waals surface area contributed by atoms with Gasteiger partial charge in [0.15, 0.2) is 12.7 Å². The highest BCUT2D eigenvalue weighted by atomic mass is 16.6. The van der Waals surface area contributed by atoms with E-state index in [1.54, 1.807) is 24.3 Å². The lowest BCUT2D eigenvalue weighted by atomic mass is 10.2. The first-order chi connectivity index (χ1) is 9.70. The third kappa shape index (κ3) is 3.71. The summed E-state index contributed by atoms with van der Waals surface area (Å²) in [5, 5.41) is 2.63. The van der Waals surface area contributed by atoms with Crippen LogP contribution in [0.15, 0.2) is 24.3 Å². The normalized spacial score (nSPS) is 17.6. The van der Waals surface area contributed by atoms with Crippen LogP contribution in [0, 0.1) is 0 Å². The van der Waals surface area contributed by atoms with Crippen LogP contribution < -0.4 is 10.1 Å². The van der Waals surface area contributed by atoms with Gasteiger partial charge in [-0.2, -0.15) is 0 Å². The summed E-state index contributed by atoms with van der Waals surface area (Å²) in [6, 6.07) is 7.01. The van der Waals surface area contributed by atoms with Crippen molar-refractivity contribution in [2.24, 2.45) is 0 Å². The van der Waals surface area contributed by atoms with Crippen LogP contribution in [0.25, 0.3) is 0 Å². The molecule has 1 aliphatic rings. The summed E-state index contributed by atoms with van der Waals surface area (Å²) in [6.45, 7) is 0.226. The van der Waals surface area contributed by atoms with Gasteiger partial charge in [0.1, 0.15) is 5.75 Å². The Morgan fingerprint density at radius 1 is 1.40 bits per heavy atom. The first-order valence-electron chi connectivity index (χ1n) is 6.42. The topological polar surface area (TPSA) is 73.9 Å². The van der Waals surface area contributed by atoms with E-state index in [1.165, 1.54) is 7.11 Å². The van der Waals surface area contributed by atoms with Crippen LogP contribution in [-0.4, -0.2) is 38.3 Å². The molecule has 0 aromatic heterocycles. The number of carbonyl (C=O) groups is 2. The van der Waals surface area contributed by atoms with Crippen molar-refractivity contribution >= 4 is 17.6 Å². The van der Waals surface area contributed by atoms with Gasteiger partial charge in [-0.3, -0.25) is 4.79 Å². The van der Waals surface area contributed by atoms with Crippen LogP contribution in [0.4, 0.5) is 5.69 Å². The number of hydrogen-bond donors (Lipinski definition) is 1. The van der Waals surface area contributed by atoms with E-state index in [2.05, 4.69) is 5.32 Å². The van der Waals surface area contributed by atoms with E-state index in [4.69, 9.17) is 14.2 Å². The Morgan fingerprint density at radius 2 is 2.20 bits per heavy atom. The maximum absolute atomic E-state index is 11.7. The van der Waals surface area contributed by atoms with Gasteiger partial charge < -0.3 is 19.5 Å². The SMILES string of the molecule is COc1ccccc1NC(=O)COC(=O)[C@H]1CCCO1. The largest absolute Gasteiger partial charge is 0.495 e. The summed E-state index contributed by atoms with van der Waals surface area (Å²) < 4.78 is 15.2. The maximum Gasteiger partial charge on any atom is 0.335 e. The molecule has 0 bridgehead atoms. The number of carbonyl (C=O) groups excluding carboxylic acids is 2. The summed E-state index contributed by atoms with van der Waals surface area (Å²) in [5.41, 5.74) is 0.535. The van der Waals surface area contributed by atoms with Gasteiger partial charge >= 0.3 is 5.97 Å². The Hall–Kier alpha value is -2.08. The van der Waals surface area contributed by atoms with Crippen molar-refractivity contribution in [2.75, 3.05) is 25.6 Å². The van der Waals surface area contributed by atoms with Crippen LogP contribution in [0.1, 0.15) is 12.8 Å². The summed E-state index contributed by atoms with van der Waals surface area (Å²) >= 11 is 0. The van der Waals surface area contributed by atoms with Gasteiger partial charge in [-0.15, -0.1) is 0 Å². The Labute approximate surface area is 117 Å². The van der Waals surface area contributed by atoms with Crippen molar-refractivity contribution < 1.29 is 23.8 Å². The molecule has 108 valence electrons. The lowest BCUT2D eigenvalue weighted by Crippen LogP contribution is -2.27. The molecule has 1 heterocycles. The van der Waals surface area contributed by atoms with E-state index in [-0.39, 0.29) is 6.61 Å². The highest BCUT2D eigenvalue weighted by Crippen LogP contribution is 2.22. The number of amides is 1. The van der Waals surface area contributed by atoms with Crippen LogP contribution in [-0.2, 0) is 19.1 Å². The molecule has 1 amide bonds. The predicted octanol–water partition coefficient (Wildman–Crippen LogP) is 1.36. The lowest BCUT2D eigenvalue weighted by Gasteiger charge is -2.11. The minimum atomic E-state index is -0.533. The fraction of sp³-hybridized carbons (Fsp3) is 0.429. The van der Waals surface area contributed by atoms with Gasteiger partial charge in [-0.25, -0.2) is 4.79 Å². The number of ether oxygens (including phenoxy) is 3. The first kappa shape index (κ1) is 14.3. The predicted molar refractivity (Wildman–Crippen MR) is 71.6 cm³/mol. The summed E-state index contributed by atoms with van der Waals surface area (Å²) in [7, 11) is 1.52. The molecule has 2 rings (SSSR count). The zero-order valence-electron chi connectivity index (χ0n) is 11.3. The number of hydrogen-bond acceptors (Lipinski definition) is 5. The molecule has 6 nitrogen and oxygen atoms in total. The van der Waals surface area contributed by atoms with E-state index in [0.717, 1.165) is 6.42 Å². The van der Waals surface area contributed by atoms with Gasteiger partial charge in [0.2, 0.25) is 0 Å². The standard InChI is InChI=1S/C14H17NO5/c1-18-11-6-3-2-5-10(11)15-13(16)9-20-14(17)12-7-4-8-19-12/h2-3,5-6,12H,4,7-9H2,1H3,(H,15,16)/t12-/m1/s1. The fourth-order valence-electron chi connectivity index (χ4n) is 1.93. The number of anilines is 1. The zero-order chi connectivity index (χ0) is 14.4. The monoisotopic (exact) mass is 279 g/mol. The molecule has 1 fully saturated rings. The second kappa shape index (κ2) is 6.91. The molecule has 1 N–H and O–H groups in total. The Kier molecular flexibility index (Phi) is 4.95. The van der Waals surface area contributed by atoms with Crippen LogP contribution in [0.3, 0.4) is 0 Å². The average Bonchev–Trinajstić information content (AvgIpc) is 2.99. The minimum absolute atomic E-state index is 0.337. The van der Waals surface area contributed by atoms with Crippen molar-refractivity contribution in [2.45, 2.75) is 18.9 Å². The molecule has 1 saturated heterocycles. The fourth-order valence-corrected chi connectivity index (χ4v) is 1.93. The third-order valence-corrected chi connectivity index (χ3v) is 2.92. The second-order valence-electron chi connectivity index (χ2n) is 4.36. The van der Waals surface area contributed by atoms with E-state index >= 15 is 0 Å². The van der Waals surface area contributed by atoms with Gasteiger partial charge in [0.05, 0.1) is 12.8 Å². The number of esters is 1. The summed E-state index contributed by atoms with van der Waals surface area (Å²) in [6.07, 6.45) is 0.953. The van der Waals surface area contributed by atoms with Crippen LogP contribution in [0.5, 0.6) is 5.75 Å². The van der Waals surface area contributed by atoms with Crippen molar-refractivity contribution in [3.05, 3.63) is 24.3 Å². The molecule has 6 heteroatoms. The molecule has 1 aromatic carbocycles. The van der Waals surface area contributed by atoms with Gasteiger partial charge in [-0.1, -0.05) is 12.1 Å². The minimum Gasteiger partial charge on any atom is -0.495 e. The highest BCUT2D eigenvalue weighted by Gasteiger charge is 2.25. The van der Waals surface area contributed by atoms with E-state index < -0.39 is 18.0 Å². The maximum atomic E-state index is 11.7. The second-order valence-corrected chi connectivity index (χ2v) is 4.36. The van der Waals surface area contributed by atoms with Gasteiger partial charge in [0.25, 0.3) is 5.91 Å². The molecule has 0 unspecified atom stereocenters. The highest BCUT2D eigenvalue weighted by molar-refractivity contribution is 5.94. The van der Waals surface area contributed by atoms with E-state index in [0.29, 0.717) is 24.5 Å². The van der Waals surface area contributed by atoms with Crippen LogP contribution in [0.2, 0.25) is 0 Å². The molecule has 1 aliphatic heterocycles. The Morgan fingerprint density at radius 3 is 2.90 bits per heavy atom. The average molecular weight is 279 g/mol. The zero-order valence-corrected chi connectivity index (χ0v) is 11.3. The molecular weight excluding hydrogens is 262 g/mol. The molecule has 0 spiro atoms. The van der Waals surface area contributed by atoms with Gasteiger partial charge in [-0.05, 0) is 25.0 Å². The molecule has 20 heavy (non-hydrogen) atoms. The quantitative estimate of drug-likeness (QED) is 0.824. The number of nitrogens with one attached hydrogen (secondary N) is 1. The van der Waals surface area contributed by atoms with Gasteiger partial charge in [0, 0.05) is 6.61 Å². The molecule has 1 aromatic rings. The summed E-state index contributed by atoms with van der Waals surface area (Å²) in [4.78, 5) is 23.3. The number of rotatable bonds is 5. The Balaban J connectivity index is 1.81. The number of methoxy groups -OCH3 is 1. The number of benzene rings is 1. The van der Waals surface area contributed by atoms with Crippen LogP contribution >= 0.6 is 0 Å². The van der Waals surface area contributed by atoms with E-state index in [1.807, 2.05) is 0 Å². The Bertz CT molecular complexity index is 482. The number of para-hydroxylation sites is 2. The first-order valence-corrected chi connectivity index (χ1v) is 6.42. The summed E-state index contributed by atoms with van der Waals surface area (Å²) in [5.74, 6) is -0.357. The van der Waals surface area contributed by atoms with E-state index in [9.17, 15) is 9.59 Å². The third-order valence-electron chi connectivity index (χ3n) is 2.92. The lowest BCUT2D eigenvalue weighted by molar-refractivity contribution is -0.156. The molecular formula is C14H17NO5. The van der Waals surface area contributed by atoms with Crippen molar-refractivity contribution in [3.8, 4) is 5.75 Å². The molecule has 0 radical (unpaired) electrons. The molecule has 1 atom stereocenters. The van der Waals surface area contributed by atoms with Crippen molar-refractivity contribution in [1.29, 1.82) is 0 Å².